The van der Waals surface area contributed by atoms with Gasteiger partial charge in [-0.1, -0.05) is 17.7 Å². The molecule has 0 unspecified atom stereocenters. The van der Waals surface area contributed by atoms with Crippen LogP contribution in [0.25, 0.3) is 0 Å². The van der Waals surface area contributed by atoms with Crippen LogP contribution in [-0.2, 0) is 20.8 Å². The predicted molar refractivity (Wildman–Crippen MR) is 101 cm³/mol. The molecule has 0 amide bonds. The summed E-state index contributed by atoms with van der Waals surface area (Å²) in [5.41, 5.74) is 4.17. The van der Waals surface area contributed by atoms with Crippen LogP contribution >= 0.6 is 0 Å². The summed E-state index contributed by atoms with van der Waals surface area (Å²) in [5, 5.41) is 0. The summed E-state index contributed by atoms with van der Waals surface area (Å²) in [5.74, 6) is -1.20. The van der Waals surface area contributed by atoms with Gasteiger partial charge in [-0.15, -0.1) is 0 Å². The molecule has 27 heavy (non-hydrogen) atoms. The molecular formula is C21H25NO5. The molecule has 0 bridgehead atoms. The van der Waals surface area contributed by atoms with Gasteiger partial charge in [-0.3, -0.25) is 9.59 Å². The number of rotatable bonds is 7. The molecule has 6 heteroatoms. The van der Waals surface area contributed by atoms with Crippen LogP contribution in [0.1, 0.15) is 50.2 Å². The third kappa shape index (κ3) is 4.84. The summed E-state index contributed by atoms with van der Waals surface area (Å²) in [7, 11) is 0. The van der Waals surface area contributed by atoms with Gasteiger partial charge in [-0.05, 0) is 52.3 Å². The van der Waals surface area contributed by atoms with Gasteiger partial charge >= 0.3 is 11.9 Å². The van der Waals surface area contributed by atoms with Crippen molar-refractivity contribution in [3.8, 4) is 0 Å². The van der Waals surface area contributed by atoms with Crippen LogP contribution < -0.4 is 0 Å². The van der Waals surface area contributed by atoms with Crippen LogP contribution in [0.5, 0.6) is 0 Å². The normalized spacial score (nSPS) is 10.6. The molecule has 6 nitrogen and oxygen atoms in total. The second-order valence-electron chi connectivity index (χ2n) is 6.49. The number of ether oxygens (including phenoxy) is 2. The molecule has 0 radical (unpaired) electrons. The summed E-state index contributed by atoms with van der Waals surface area (Å²) in [4.78, 5) is 36.5. The molecule has 2 rings (SSSR count). The van der Waals surface area contributed by atoms with Crippen LogP contribution in [0.4, 0.5) is 0 Å². The molecule has 0 aliphatic carbocycles. The van der Waals surface area contributed by atoms with Crippen molar-refractivity contribution in [2.75, 3.05) is 13.2 Å². The lowest BCUT2D eigenvalue weighted by Crippen LogP contribution is -2.20. The molecule has 0 aliphatic heterocycles. The fourth-order valence-electron chi connectivity index (χ4n) is 2.89. The average Bonchev–Trinajstić information content (AvgIpc) is 2.90. The summed E-state index contributed by atoms with van der Waals surface area (Å²) in [6, 6.07) is 7.27. The monoisotopic (exact) mass is 371 g/mol. The minimum atomic E-state index is -0.536. The molecule has 0 N–H and O–H groups in total. The highest BCUT2D eigenvalue weighted by Crippen LogP contribution is 2.17. The zero-order valence-electron chi connectivity index (χ0n) is 16.4. The maximum atomic E-state index is 12.3. The first-order chi connectivity index (χ1) is 12.7. The lowest BCUT2D eigenvalue weighted by atomic mass is 10.0. The maximum Gasteiger partial charge on any atom is 0.339 e. The topological polar surface area (TPSA) is 74.6 Å². The minimum absolute atomic E-state index is 0.0723. The lowest BCUT2D eigenvalue weighted by molar-refractivity contribution is -0.143. The highest BCUT2D eigenvalue weighted by molar-refractivity contribution is 5.99. The molecule has 1 heterocycles. The SMILES string of the molecule is CCOC(=O)c1cc(C)n(CC(=O)OCC(=O)c2cc(C)ccc2C)c1C. The summed E-state index contributed by atoms with van der Waals surface area (Å²) in [6.07, 6.45) is 0. The zero-order chi connectivity index (χ0) is 20.1. The number of hydrogen-bond donors (Lipinski definition) is 0. The van der Waals surface area contributed by atoms with Gasteiger partial charge in [0, 0.05) is 17.0 Å². The number of benzene rings is 1. The number of Topliss-reactive ketones (excluding diaryl/α,β-unsaturated/α-hetero) is 1. The van der Waals surface area contributed by atoms with Gasteiger partial charge in [0.15, 0.2) is 6.61 Å². The van der Waals surface area contributed by atoms with Crippen molar-refractivity contribution >= 4 is 17.7 Å². The molecule has 0 aliphatic rings. The van der Waals surface area contributed by atoms with Crippen LogP contribution in [0.15, 0.2) is 24.3 Å². The zero-order valence-corrected chi connectivity index (χ0v) is 16.4. The second kappa shape index (κ2) is 8.66. The van der Waals surface area contributed by atoms with Gasteiger partial charge in [0.25, 0.3) is 0 Å². The molecule has 2 aromatic rings. The molecule has 0 spiro atoms. The number of hydrogen-bond acceptors (Lipinski definition) is 5. The van der Waals surface area contributed by atoms with Crippen LogP contribution in [0.3, 0.4) is 0 Å². The van der Waals surface area contributed by atoms with E-state index in [-0.39, 0.29) is 25.5 Å². The Labute approximate surface area is 159 Å². The number of ketones is 1. The summed E-state index contributed by atoms with van der Waals surface area (Å²) in [6.45, 7) is 8.92. The fourth-order valence-corrected chi connectivity index (χ4v) is 2.89. The number of carbonyl (C=O) groups is 3. The Balaban J connectivity index is 2.03. The molecule has 1 aromatic carbocycles. The Bertz CT molecular complexity index is 879. The van der Waals surface area contributed by atoms with Gasteiger partial charge in [-0.25, -0.2) is 4.79 Å². The predicted octanol–water partition coefficient (Wildman–Crippen LogP) is 3.32. The third-order valence-electron chi connectivity index (χ3n) is 4.41. The van der Waals surface area contributed by atoms with Crippen LogP contribution in [-0.4, -0.2) is 35.5 Å². The molecule has 0 saturated carbocycles. The molecule has 144 valence electrons. The Hall–Kier alpha value is -2.89. The van der Waals surface area contributed by atoms with Crippen molar-refractivity contribution in [2.45, 2.75) is 41.2 Å². The molecule has 0 saturated heterocycles. The van der Waals surface area contributed by atoms with Gasteiger partial charge in [0.2, 0.25) is 5.78 Å². The molecule has 1 aromatic heterocycles. The first-order valence-corrected chi connectivity index (χ1v) is 8.84. The first kappa shape index (κ1) is 20.4. The largest absolute Gasteiger partial charge is 0.462 e. The average molecular weight is 371 g/mol. The number of aromatic nitrogens is 1. The Morgan fingerprint density at radius 1 is 0.963 bits per heavy atom. The molecule has 0 atom stereocenters. The minimum Gasteiger partial charge on any atom is -0.462 e. The van der Waals surface area contributed by atoms with Crippen molar-refractivity contribution in [1.82, 2.24) is 4.57 Å². The highest BCUT2D eigenvalue weighted by Gasteiger charge is 2.19. The van der Waals surface area contributed by atoms with Gasteiger partial charge in [-0.2, -0.15) is 0 Å². The smallest absolute Gasteiger partial charge is 0.339 e. The van der Waals surface area contributed by atoms with Crippen LogP contribution in [0.2, 0.25) is 0 Å². The second-order valence-corrected chi connectivity index (χ2v) is 6.49. The van der Waals surface area contributed by atoms with E-state index in [9.17, 15) is 14.4 Å². The van der Waals surface area contributed by atoms with Gasteiger partial charge in [0.05, 0.1) is 12.2 Å². The summed E-state index contributed by atoms with van der Waals surface area (Å²) >= 11 is 0. The van der Waals surface area contributed by atoms with E-state index in [0.717, 1.165) is 16.8 Å². The van der Waals surface area contributed by atoms with Crippen LogP contribution in [0, 0.1) is 27.7 Å². The fraction of sp³-hybridized carbons (Fsp3) is 0.381. The van der Waals surface area contributed by atoms with Gasteiger partial charge in [0.1, 0.15) is 6.54 Å². The quantitative estimate of drug-likeness (QED) is 0.551. The van der Waals surface area contributed by atoms with E-state index in [1.54, 1.807) is 37.5 Å². The number of esters is 2. The summed E-state index contributed by atoms with van der Waals surface area (Å²) < 4.78 is 11.9. The van der Waals surface area contributed by atoms with E-state index < -0.39 is 11.9 Å². The van der Waals surface area contributed by atoms with Crippen molar-refractivity contribution in [2.24, 2.45) is 0 Å². The third-order valence-corrected chi connectivity index (χ3v) is 4.41. The van der Waals surface area contributed by atoms with Gasteiger partial charge < -0.3 is 14.0 Å². The van der Waals surface area contributed by atoms with E-state index in [1.807, 2.05) is 26.0 Å². The Morgan fingerprint density at radius 3 is 2.33 bits per heavy atom. The molecule has 0 fully saturated rings. The Kier molecular flexibility index (Phi) is 6.55. The van der Waals surface area contributed by atoms with E-state index >= 15 is 0 Å². The first-order valence-electron chi connectivity index (χ1n) is 8.84. The molecular weight excluding hydrogens is 346 g/mol. The van der Waals surface area contributed by atoms with Crippen molar-refractivity contribution in [1.29, 1.82) is 0 Å². The van der Waals surface area contributed by atoms with Crippen molar-refractivity contribution in [3.63, 3.8) is 0 Å². The Morgan fingerprint density at radius 2 is 1.67 bits per heavy atom. The van der Waals surface area contributed by atoms with E-state index in [0.29, 0.717) is 16.8 Å². The standard InChI is InChI=1S/C21H25NO5/c1-6-26-21(25)18-10-15(4)22(16(18)5)11-20(24)27-12-19(23)17-9-13(2)7-8-14(17)3/h7-10H,6,11-12H2,1-5H3. The van der Waals surface area contributed by atoms with E-state index in [4.69, 9.17) is 9.47 Å². The van der Waals surface area contributed by atoms with Crippen molar-refractivity contribution < 1.29 is 23.9 Å². The highest BCUT2D eigenvalue weighted by atomic mass is 16.5. The van der Waals surface area contributed by atoms with E-state index in [1.165, 1.54) is 0 Å². The number of nitrogens with zero attached hydrogens (tertiary/aromatic N) is 1. The number of aryl methyl sites for hydroxylation is 3. The van der Waals surface area contributed by atoms with E-state index in [2.05, 4.69) is 0 Å². The van der Waals surface area contributed by atoms with Crippen molar-refractivity contribution in [3.05, 3.63) is 57.9 Å². The number of carbonyl (C=O) groups excluding carboxylic acids is 3. The maximum absolute atomic E-state index is 12.3. The lowest BCUT2D eigenvalue weighted by Gasteiger charge is -2.11.